The van der Waals surface area contributed by atoms with Gasteiger partial charge in [-0.05, 0) is 31.0 Å². The number of carbonyl (C=O) groups excluding carboxylic acids is 1. The van der Waals surface area contributed by atoms with Gasteiger partial charge in [0.1, 0.15) is 11.5 Å². The van der Waals surface area contributed by atoms with Crippen molar-refractivity contribution < 1.29 is 22.5 Å². The molecule has 0 N–H and O–H groups in total. The van der Waals surface area contributed by atoms with Crippen molar-refractivity contribution >= 4 is 15.9 Å². The van der Waals surface area contributed by atoms with Crippen LogP contribution in [0.3, 0.4) is 0 Å². The van der Waals surface area contributed by atoms with Crippen LogP contribution in [0, 0.1) is 6.92 Å². The van der Waals surface area contributed by atoms with Gasteiger partial charge in [0.15, 0.2) is 0 Å². The van der Waals surface area contributed by atoms with Crippen LogP contribution in [0.2, 0.25) is 0 Å². The zero-order valence-corrected chi connectivity index (χ0v) is 16.9. The fourth-order valence-corrected chi connectivity index (χ4v) is 4.44. The summed E-state index contributed by atoms with van der Waals surface area (Å²) in [4.78, 5) is 14.2. The van der Waals surface area contributed by atoms with E-state index in [0.29, 0.717) is 57.1 Å². The Morgan fingerprint density at radius 1 is 1.21 bits per heavy atom. The monoisotopic (exact) mass is 407 g/mol. The first-order valence-corrected chi connectivity index (χ1v) is 10.6. The Balaban J connectivity index is 1.54. The minimum Gasteiger partial charge on any atom is -0.379 e. The van der Waals surface area contributed by atoms with Crippen molar-refractivity contribution in [2.24, 2.45) is 0 Å². The summed E-state index contributed by atoms with van der Waals surface area (Å²) in [7, 11) is -1.77. The number of amides is 1. The van der Waals surface area contributed by atoms with Gasteiger partial charge in [0.25, 0.3) is 0 Å². The van der Waals surface area contributed by atoms with Gasteiger partial charge >= 0.3 is 0 Å². The quantitative estimate of drug-likeness (QED) is 0.692. The predicted octanol–water partition coefficient (Wildman–Crippen LogP) is 1.60. The van der Waals surface area contributed by atoms with Crippen molar-refractivity contribution in [2.45, 2.75) is 31.2 Å². The molecule has 1 aromatic heterocycles. The molecule has 152 valence electrons. The third kappa shape index (κ3) is 4.98. The molecule has 28 heavy (non-hydrogen) atoms. The second kappa shape index (κ2) is 8.85. The minimum atomic E-state index is -3.49. The van der Waals surface area contributed by atoms with Crippen LogP contribution < -0.4 is 0 Å². The number of rotatable bonds is 7. The molecule has 2 heterocycles. The van der Waals surface area contributed by atoms with E-state index in [4.69, 9.17) is 9.26 Å². The maximum absolute atomic E-state index is 12.6. The Bertz CT molecular complexity index is 902. The molecule has 1 aliphatic heterocycles. The number of aromatic nitrogens is 1. The maximum Gasteiger partial charge on any atom is 0.243 e. The number of hydrogen-bond acceptors (Lipinski definition) is 6. The highest BCUT2D eigenvalue weighted by Gasteiger charge is 2.26. The molecule has 0 atom stereocenters. The van der Waals surface area contributed by atoms with Gasteiger partial charge in [-0.3, -0.25) is 4.79 Å². The molecule has 1 saturated heterocycles. The van der Waals surface area contributed by atoms with E-state index in [1.165, 1.54) is 4.31 Å². The van der Waals surface area contributed by atoms with Crippen LogP contribution in [0.4, 0.5) is 0 Å². The van der Waals surface area contributed by atoms with E-state index in [2.05, 4.69) is 5.16 Å². The number of hydrogen-bond donors (Lipinski definition) is 0. The van der Waals surface area contributed by atoms with Crippen LogP contribution in [0.15, 0.2) is 39.8 Å². The Morgan fingerprint density at radius 2 is 1.89 bits per heavy atom. The van der Waals surface area contributed by atoms with Gasteiger partial charge in [0, 0.05) is 32.6 Å². The SMILES string of the molecule is Cc1cc(CN(C)C(=O)CCc2ccc(S(=O)(=O)N3CCOCC3)cc2)no1. The molecule has 2 aromatic rings. The summed E-state index contributed by atoms with van der Waals surface area (Å²) < 4.78 is 36.9. The second-order valence-electron chi connectivity index (χ2n) is 6.84. The van der Waals surface area contributed by atoms with E-state index in [1.54, 1.807) is 49.2 Å². The van der Waals surface area contributed by atoms with Crippen molar-refractivity contribution in [3.8, 4) is 0 Å². The van der Waals surface area contributed by atoms with Crippen molar-refractivity contribution in [3.05, 3.63) is 47.3 Å². The van der Waals surface area contributed by atoms with E-state index in [9.17, 15) is 13.2 Å². The van der Waals surface area contributed by atoms with Gasteiger partial charge in [-0.15, -0.1) is 0 Å². The molecule has 0 aliphatic carbocycles. The van der Waals surface area contributed by atoms with E-state index in [-0.39, 0.29) is 10.8 Å². The van der Waals surface area contributed by atoms with Gasteiger partial charge in [-0.1, -0.05) is 17.3 Å². The average molecular weight is 407 g/mol. The molecule has 1 amide bonds. The van der Waals surface area contributed by atoms with Crippen LogP contribution in [0.1, 0.15) is 23.4 Å². The Kier molecular flexibility index (Phi) is 6.48. The summed E-state index contributed by atoms with van der Waals surface area (Å²) in [5, 5.41) is 3.89. The Hall–Kier alpha value is -2.23. The standard InChI is InChI=1S/C19H25N3O5S/c1-15-13-17(20-27-15)14-21(2)19(23)8-5-16-3-6-18(7-4-16)28(24,25)22-9-11-26-12-10-22/h3-4,6-7,13H,5,8-12,14H2,1-2H3. The molecule has 3 rings (SSSR count). The van der Waals surface area contributed by atoms with Crippen molar-refractivity contribution in [3.63, 3.8) is 0 Å². The molecule has 0 radical (unpaired) electrons. The van der Waals surface area contributed by atoms with Crippen molar-refractivity contribution in [1.82, 2.24) is 14.4 Å². The highest BCUT2D eigenvalue weighted by atomic mass is 32.2. The number of ether oxygens (including phenoxy) is 1. The third-order valence-corrected chi connectivity index (χ3v) is 6.57. The summed E-state index contributed by atoms with van der Waals surface area (Å²) in [6, 6.07) is 8.54. The Morgan fingerprint density at radius 3 is 2.50 bits per heavy atom. The normalized spacial score (nSPS) is 15.5. The van der Waals surface area contributed by atoms with Crippen molar-refractivity contribution in [1.29, 1.82) is 0 Å². The topological polar surface area (TPSA) is 93.0 Å². The van der Waals surface area contributed by atoms with E-state index in [1.807, 2.05) is 0 Å². The van der Waals surface area contributed by atoms with Crippen molar-refractivity contribution in [2.75, 3.05) is 33.4 Å². The lowest BCUT2D eigenvalue weighted by molar-refractivity contribution is -0.130. The van der Waals surface area contributed by atoms with E-state index in [0.717, 1.165) is 5.56 Å². The molecular formula is C19H25N3O5S. The summed E-state index contributed by atoms with van der Waals surface area (Å²) in [6.07, 6.45) is 0.877. The third-order valence-electron chi connectivity index (χ3n) is 4.66. The fourth-order valence-electron chi connectivity index (χ4n) is 3.03. The lowest BCUT2D eigenvalue weighted by Crippen LogP contribution is -2.40. The van der Waals surface area contributed by atoms with Crippen LogP contribution in [-0.2, 0) is 32.5 Å². The zero-order valence-electron chi connectivity index (χ0n) is 16.1. The molecule has 0 unspecified atom stereocenters. The molecule has 0 spiro atoms. The minimum absolute atomic E-state index is 0.00864. The smallest absolute Gasteiger partial charge is 0.243 e. The van der Waals surface area contributed by atoms with Gasteiger partial charge in [-0.2, -0.15) is 4.31 Å². The van der Waals surface area contributed by atoms with E-state index >= 15 is 0 Å². The first-order chi connectivity index (χ1) is 13.4. The van der Waals surface area contributed by atoms with Crippen LogP contribution in [0.5, 0.6) is 0 Å². The van der Waals surface area contributed by atoms with Crippen LogP contribution in [-0.4, -0.2) is 62.0 Å². The number of benzene rings is 1. The first kappa shape index (κ1) is 20.5. The number of nitrogens with zero attached hydrogens (tertiary/aromatic N) is 3. The maximum atomic E-state index is 12.6. The molecule has 1 aromatic carbocycles. The first-order valence-electron chi connectivity index (χ1n) is 9.19. The summed E-state index contributed by atoms with van der Waals surface area (Å²) >= 11 is 0. The van der Waals surface area contributed by atoms with Gasteiger partial charge in [0.05, 0.1) is 24.7 Å². The molecule has 0 saturated carbocycles. The largest absolute Gasteiger partial charge is 0.379 e. The van der Waals surface area contributed by atoms with Gasteiger partial charge in [-0.25, -0.2) is 8.42 Å². The lowest BCUT2D eigenvalue weighted by atomic mass is 10.1. The molecule has 1 fully saturated rings. The summed E-state index contributed by atoms with van der Waals surface area (Å²) in [6.45, 7) is 3.78. The number of carbonyl (C=O) groups is 1. The van der Waals surface area contributed by atoms with E-state index < -0.39 is 10.0 Å². The zero-order chi connectivity index (χ0) is 20.1. The molecule has 8 nitrogen and oxygen atoms in total. The highest BCUT2D eigenvalue weighted by molar-refractivity contribution is 7.89. The highest BCUT2D eigenvalue weighted by Crippen LogP contribution is 2.18. The molecule has 1 aliphatic rings. The second-order valence-corrected chi connectivity index (χ2v) is 8.78. The number of sulfonamides is 1. The number of morpholine rings is 1. The molecule has 9 heteroatoms. The Labute approximate surface area is 165 Å². The van der Waals surface area contributed by atoms with Crippen LogP contribution in [0.25, 0.3) is 0 Å². The predicted molar refractivity (Wildman–Crippen MR) is 102 cm³/mol. The lowest BCUT2D eigenvalue weighted by Gasteiger charge is -2.26. The summed E-state index contributed by atoms with van der Waals surface area (Å²) in [5.74, 6) is 0.702. The fraction of sp³-hybridized carbons (Fsp3) is 0.474. The molecule has 0 bridgehead atoms. The van der Waals surface area contributed by atoms with Gasteiger partial charge in [0.2, 0.25) is 15.9 Å². The van der Waals surface area contributed by atoms with Gasteiger partial charge < -0.3 is 14.2 Å². The van der Waals surface area contributed by atoms with Crippen LogP contribution >= 0.6 is 0 Å². The summed E-state index contributed by atoms with van der Waals surface area (Å²) in [5.41, 5.74) is 1.63. The molecular weight excluding hydrogens is 382 g/mol. The average Bonchev–Trinajstić information content (AvgIpc) is 3.11. The number of aryl methyl sites for hydroxylation is 2.